The van der Waals surface area contributed by atoms with Crippen LogP contribution in [0.25, 0.3) is 0 Å². The molecule has 0 bridgehead atoms. The molecule has 1 fully saturated rings. The average Bonchev–Trinajstić information content (AvgIpc) is 2.50. The molecule has 1 aliphatic rings. The fourth-order valence-corrected chi connectivity index (χ4v) is 0.935. The second-order valence-corrected chi connectivity index (χ2v) is 3.08. The minimum absolute atomic E-state index is 0.0116. The van der Waals surface area contributed by atoms with Crippen LogP contribution in [0.2, 0.25) is 0 Å². The van der Waals surface area contributed by atoms with E-state index >= 15 is 0 Å². The summed E-state index contributed by atoms with van der Waals surface area (Å²) in [6, 6.07) is 0.0116. The van der Waals surface area contributed by atoms with Crippen molar-refractivity contribution in [3.05, 3.63) is 0 Å². The van der Waals surface area contributed by atoms with E-state index in [2.05, 4.69) is 0 Å². The van der Waals surface area contributed by atoms with E-state index in [1.807, 2.05) is 0 Å². The fourth-order valence-electron chi connectivity index (χ4n) is 0.935. The van der Waals surface area contributed by atoms with E-state index in [4.69, 9.17) is 10.8 Å². The van der Waals surface area contributed by atoms with Gasteiger partial charge in [-0.15, -0.1) is 0 Å². The van der Waals surface area contributed by atoms with E-state index in [-0.39, 0.29) is 12.1 Å². The molecule has 0 aromatic rings. The molecule has 0 spiro atoms. The van der Waals surface area contributed by atoms with Gasteiger partial charge in [-0.1, -0.05) is 12.8 Å². The third-order valence-corrected chi connectivity index (χ3v) is 1.92. The number of aliphatic hydroxyl groups excluding tert-OH is 1. The van der Waals surface area contributed by atoms with Crippen molar-refractivity contribution in [3.63, 3.8) is 0 Å². The maximum atomic E-state index is 8.97. The van der Waals surface area contributed by atoms with Crippen molar-refractivity contribution >= 4 is 0 Å². The Morgan fingerprint density at radius 1 is 1.67 bits per heavy atom. The maximum Gasteiger partial charge on any atom is 0.0663 e. The maximum absolute atomic E-state index is 8.97. The molecule has 2 unspecified atom stereocenters. The quantitative estimate of drug-likeness (QED) is 0.582. The van der Waals surface area contributed by atoms with Crippen LogP contribution < -0.4 is 5.73 Å². The van der Waals surface area contributed by atoms with Crippen LogP contribution in [0, 0.1) is 5.92 Å². The highest BCUT2D eigenvalue weighted by atomic mass is 16.3. The molecule has 1 saturated carbocycles. The van der Waals surface area contributed by atoms with Crippen LogP contribution in [0.1, 0.15) is 26.2 Å². The molecule has 1 aliphatic carbocycles. The van der Waals surface area contributed by atoms with Crippen LogP contribution in [-0.2, 0) is 0 Å². The van der Waals surface area contributed by atoms with Crippen molar-refractivity contribution in [1.82, 2.24) is 0 Å². The van der Waals surface area contributed by atoms with Gasteiger partial charge in [-0.25, -0.2) is 0 Å². The van der Waals surface area contributed by atoms with Gasteiger partial charge in [0.25, 0.3) is 0 Å². The Bertz CT molecular complexity index is 88.9. The predicted octanol–water partition coefficient (Wildman–Crippen LogP) is 0.495. The Hall–Kier alpha value is -0.0800. The lowest BCUT2D eigenvalue weighted by Gasteiger charge is -2.12. The predicted molar refractivity (Wildman–Crippen MR) is 37.0 cm³/mol. The summed E-state index contributed by atoms with van der Waals surface area (Å²) >= 11 is 0. The van der Waals surface area contributed by atoms with Crippen LogP contribution in [0.5, 0.6) is 0 Å². The number of nitrogens with two attached hydrogens (primary N) is 1. The highest BCUT2D eigenvalue weighted by Gasteiger charge is 2.25. The van der Waals surface area contributed by atoms with Crippen molar-refractivity contribution in [1.29, 1.82) is 0 Å². The van der Waals surface area contributed by atoms with Crippen molar-refractivity contribution in [3.8, 4) is 0 Å². The van der Waals surface area contributed by atoms with Crippen molar-refractivity contribution in [2.75, 3.05) is 0 Å². The lowest BCUT2D eigenvalue weighted by Crippen LogP contribution is -2.32. The standard InChI is InChI=1S/C7H15NO/c1-5(9)7(8)4-6-2-3-6/h5-7,9H,2-4,8H2,1H3. The summed E-state index contributed by atoms with van der Waals surface area (Å²) < 4.78 is 0. The van der Waals surface area contributed by atoms with Crippen molar-refractivity contribution in [2.45, 2.75) is 38.3 Å². The Balaban J connectivity index is 2.09. The summed E-state index contributed by atoms with van der Waals surface area (Å²) in [6.45, 7) is 1.76. The monoisotopic (exact) mass is 129 g/mol. The molecule has 2 atom stereocenters. The smallest absolute Gasteiger partial charge is 0.0663 e. The second kappa shape index (κ2) is 2.67. The normalized spacial score (nSPS) is 25.7. The largest absolute Gasteiger partial charge is 0.392 e. The van der Waals surface area contributed by atoms with Gasteiger partial charge in [-0.05, 0) is 19.3 Å². The minimum Gasteiger partial charge on any atom is -0.392 e. The van der Waals surface area contributed by atoms with Crippen LogP contribution in [0.15, 0.2) is 0 Å². The second-order valence-electron chi connectivity index (χ2n) is 3.08. The highest BCUT2D eigenvalue weighted by molar-refractivity contribution is 4.80. The van der Waals surface area contributed by atoms with Gasteiger partial charge in [0.1, 0.15) is 0 Å². The van der Waals surface area contributed by atoms with Gasteiger partial charge in [0.2, 0.25) is 0 Å². The van der Waals surface area contributed by atoms with Crippen molar-refractivity contribution in [2.24, 2.45) is 11.7 Å². The van der Waals surface area contributed by atoms with E-state index in [1.165, 1.54) is 12.8 Å². The summed E-state index contributed by atoms with van der Waals surface area (Å²) in [5.74, 6) is 0.828. The van der Waals surface area contributed by atoms with E-state index in [0.717, 1.165) is 12.3 Å². The first kappa shape index (κ1) is 7.03. The van der Waals surface area contributed by atoms with Crippen LogP contribution in [0.3, 0.4) is 0 Å². The first-order chi connectivity index (χ1) is 4.20. The Morgan fingerprint density at radius 2 is 2.22 bits per heavy atom. The summed E-state index contributed by atoms with van der Waals surface area (Å²) in [5.41, 5.74) is 5.61. The lowest BCUT2D eigenvalue weighted by molar-refractivity contribution is 0.156. The lowest BCUT2D eigenvalue weighted by atomic mass is 10.1. The molecule has 0 aromatic carbocycles. The first-order valence-corrected chi connectivity index (χ1v) is 3.64. The minimum atomic E-state index is -0.328. The van der Waals surface area contributed by atoms with Gasteiger partial charge in [0.15, 0.2) is 0 Å². The molecule has 0 radical (unpaired) electrons. The number of rotatable bonds is 3. The summed E-state index contributed by atoms with van der Waals surface area (Å²) in [5, 5.41) is 8.97. The molecule has 0 heterocycles. The number of aliphatic hydroxyl groups is 1. The third kappa shape index (κ3) is 2.33. The first-order valence-electron chi connectivity index (χ1n) is 3.64. The SMILES string of the molecule is CC(O)C(N)CC1CC1. The summed E-state index contributed by atoms with van der Waals surface area (Å²) in [4.78, 5) is 0. The topological polar surface area (TPSA) is 46.2 Å². The molecule has 0 amide bonds. The Labute approximate surface area is 56.1 Å². The van der Waals surface area contributed by atoms with Crippen molar-refractivity contribution < 1.29 is 5.11 Å². The van der Waals surface area contributed by atoms with Gasteiger partial charge < -0.3 is 10.8 Å². The zero-order valence-electron chi connectivity index (χ0n) is 5.88. The van der Waals surface area contributed by atoms with Gasteiger partial charge in [0.05, 0.1) is 6.10 Å². The molecule has 2 heteroatoms. The fraction of sp³-hybridized carbons (Fsp3) is 1.00. The van der Waals surface area contributed by atoms with Gasteiger partial charge >= 0.3 is 0 Å². The third-order valence-electron chi connectivity index (χ3n) is 1.92. The molecular weight excluding hydrogens is 114 g/mol. The zero-order chi connectivity index (χ0) is 6.85. The van der Waals surface area contributed by atoms with E-state index in [1.54, 1.807) is 6.92 Å². The Morgan fingerprint density at radius 3 is 2.56 bits per heavy atom. The molecule has 1 rings (SSSR count). The van der Waals surface area contributed by atoms with E-state index < -0.39 is 0 Å². The molecular formula is C7H15NO. The highest BCUT2D eigenvalue weighted by Crippen LogP contribution is 2.33. The molecule has 0 saturated heterocycles. The number of hydrogen-bond donors (Lipinski definition) is 2. The van der Waals surface area contributed by atoms with E-state index in [9.17, 15) is 0 Å². The van der Waals surface area contributed by atoms with Gasteiger partial charge in [-0.3, -0.25) is 0 Å². The molecule has 0 aliphatic heterocycles. The van der Waals surface area contributed by atoms with Gasteiger partial charge in [-0.2, -0.15) is 0 Å². The van der Waals surface area contributed by atoms with Crippen LogP contribution >= 0.6 is 0 Å². The molecule has 0 aromatic heterocycles. The molecule has 2 nitrogen and oxygen atoms in total. The van der Waals surface area contributed by atoms with E-state index in [0.29, 0.717) is 0 Å². The average molecular weight is 129 g/mol. The summed E-state index contributed by atoms with van der Waals surface area (Å²) in [6.07, 6.45) is 3.32. The molecule has 3 N–H and O–H groups in total. The Kier molecular flexibility index (Phi) is 2.09. The number of hydrogen-bond acceptors (Lipinski definition) is 2. The molecule has 54 valence electrons. The van der Waals surface area contributed by atoms with Crippen LogP contribution in [0.4, 0.5) is 0 Å². The molecule has 9 heavy (non-hydrogen) atoms. The zero-order valence-corrected chi connectivity index (χ0v) is 5.88. The van der Waals surface area contributed by atoms with Crippen LogP contribution in [-0.4, -0.2) is 17.3 Å². The van der Waals surface area contributed by atoms with Gasteiger partial charge in [0, 0.05) is 6.04 Å². The summed E-state index contributed by atoms with van der Waals surface area (Å²) in [7, 11) is 0.